The van der Waals surface area contributed by atoms with E-state index in [1.165, 1.54) is 5.56 Å². The summed E-state index contributed by atoms with van der Waals surface area (Å²) in [5, 5.41) is 14.4. The molecule has 0 saturated carbocycles. The molecule has 3 aromatic rings. The van der Waals surface area contributed by atoms with Gasteiger partial charge in [-0.3, -0.25) is 4.79 Å². The van der Waals surface area contributed by atoms with Crippen LogP contribution in [0.1, 0.15) is 42.1 Å². The molecule has 0 heterocycles. The van der Waals surface area contributed by atoms with Crippen molar-refractivity contribution in [2.75, 3.05) is 5.32 Å². The first-order chi connectivity index (χ1) is 11.6. The molecule has 1 atom stereocenters. The van der Waals surface area contributed by atoms with Crippen molar-refractivity contribution in [1.29, 1.82) is 0 Å². The van der Waals surface area contributed by atoms with Crippen molar-refractivity contribution in [2.45, 2.75) is 26.2 Å². The molecule has 3 nitrogen and oxygen atoms in total. The zero-order chi connectivity index (χ0) is 17.1. The number of benzene rings is 3. The highest BCUT2D eigenvalue weighted by atomic mass is 16.3. The third kappa shape index (κ3) is 3.11. The number of phenolic OH excluding ortho intramolecular Hbond substituents is 1. The second-order valence-electron chi connectivity index (χ2n) is 6.06. The molecule has 0 aliphatic rings. The van der Waals surface area contributed by atoms with Crippen LogP contribution < -0.4 is 5.32 Å². The van der Waals surface area contributed by atoms with E-state index in [1.54, 1.807) is 12.1 Å². The number of hydrogen-bond acceptors (Lipinski definition) is 2. The molecule has 0 spiro atoms. The molecule has 3 heteroatoms. The van der Waals surface area contributed by atoms with Crippen molar-refractivity contribution in [2.24, 2.45) is 0 Å². The standard InChI is InChI=1S/C21H21NO2/c1-3-14(2)15-8-10-16(11-9-15)21(24)22-19-12-13-20(23)18-7-5-4-6-17(18)19/h4-14,23H,3H2,1-2H3,(H,22,24). The van der Waals surface area contributed by atoms with Gasteiger partial charge in [0.25, 0.3) is 5.91 Å². The number of amides is 1. The Labute approximate surface area is 142 Å². The number of carbonyl (C=O) groups is 1. The highest BCUT2D eigenvalue weighted by Crippen LogP contribution is 2.31. The molecule has 0 saturated heterocycles. The number of phenols is 1. The number of carbonyl (C=O) groups excluding carboxylic acids is 1. The highest BCUT2D eigenvalue weighted by molar-refractivity contribution is 6.10. The Morgan fingerprint density at radius 2 is 1.67 bits per heavy atom. The van der Waals surface area contributed by atoms with E-state index in [0.29, 0.717) is 17.2 Å². The van der Waals surface area contributed by atoms with E-state index in [-0.39, 0.29) is 11.7 Å². The summed E-state index contributed by atoms with van der Waals surface area (Å²) >= 11 is 0. The number of anilines is 1. The van der Waals surface area contributed by atoms with Crippen LogP contribution in [-0.2, 0) is 0 Å². The Morgan fingerprint density at radius 3 is 2.33 bits per heavy atom. The number of hydrogen-bond donors (Lipinski definition) is 2. The zero-order valence-electron chi connectivity index (χ0n) is 13.9. The van der Waals surface area contributed by atoms with E-state index < -0.39 is 0 Å². The molecule has 3 rings (SSSR count). The van der Waals surface area contributed by atoms with Gasteiger partial charge >= 0.3 is 0 Å². The van der Waals surface area contributed by atoms with Gasteiger partial charge in [-0.05, 0) is 42.2 Å². The first-order valence-corrected chi connectivity index (χ1v) is 8.22. The Kier molecular flexibility index (Phi) is 4.52. The molecule has 2 N–H and O–H groups in total. The first kappa shape index (κ1) is 16.1. The molecule has 1 unspecified atom stereocenters. The van der Waals surface area contributed by atoms with E-state index in [2.05, 4.69) is 19.2 Å². The molecule has 0 aromatic heterocycles. The Morgan fingerprint density at radius 1 is 1.00 bits per heavy atom. The summed E-state index contributed by atoms with van der Waals surface area (Å²) in [6.07, 6.45) is 1.07. The molecule has 0 radical (unpaired) electrons. The Bertz CT molecular complexity index is 869. The van der Waals surface area contributed by atoms with E-state index >= 15 is 0 Å². The Balaban J connectivity index is 1.86. The smallest absolute Gasteiger partial charge is 0.255 e. The monoisotopic (exact) mass is 319 g/mol. The SMILES string of the molecule is CCC(C)c1ccc(C(=O)Nc2ccc(O)c3ccccc23)cc1. The zero-order valence-corrected chi connectivity index (χ0v) is 13.9. The lowest BCUT2D eigenvalue weighted by molar-refractivity contribution is 0.102. The maximum Gasteiger partial charge on any atom is 0.255 e. The van der Waals surface area contributed by atoms with Gasteiger partial charge < -0.3 is 10.4 Å². The minimum atomic E-state index is -0.151. The summed E-state index contributed by atoms with van der Waals surface area (Å²) in [6, 6.07) is 18.5. The number of aromatic hydroxyl groups is 1. The fraction of sp³-hybridized carbons (Fsp3) is 0.190. The summed E-state index contributed by atoms with van der Waals surface area (Å²) in [4.78, 5) is 12.5. The molecule has 1 amide bonds. The molecule has 0 aliphatic heterocycles. The van der Waals surface area contributed by atoms with Crippen molar-refractivity contribution >= 4 is 22.4 Å². The van der Waals surface area contributed by atoms with Gasteiger partial charge in [-0.25, -0.2) is 0 Å². The van der Waals surface area contributed by atoms with Gasteiger partial charge in [-0.1, -0.05) is 50.2 Å². The van der Waals surface area contributed by atoms with E-state index in [1.807, 2.05) is 48.5 Å². The summed E-state index contributed by atoms with van der Waals surface area (Å²) in [7, 11) is 0. The molecule has 122 valence electrons. The third-order valence-electron chi connectivity index (χ3n) is 4.50. The minimum Gasteiger partial charge on any atom is -0.507 e. The van der Waals surface area contributed by atoms with E-state index in [9.17, 15) is 9.90 Å². The number of fused-ring (bicyclic) bond motifs is 1. The van der Waals surface area contributed by atoms with Crippen LogP contribution in [0.3, 0.4) is 0 Å². The maximum absolute atomic E-state index is 12.5. The normalized spacial score (nSPS) is 12.1. The van der Waals surface area contributed by atoms with E-state index in [0.717, 1.165) is 17.2 Å². The summed E-state index contributed by atoms with van der Waals surface area (Å²) in [5.41, 5.74) is 2.56. The summed E-state index contributed by atoms with van der Waals surface area (Å²) < 4.78 is 0. The van der Waals surface area contributed by atoms with Crippen molar-refractivity contribution in [3.8, 4) is 5.75 Å². The summed E-state index contributed by atoms with van der Waals surface area (Å²) in [5.74, 6) is 0.547. The van der Waals surface area contributed by atoms with Crippen molar-refractivity contribution in [3.05, 3.63) is 71.8 Å². The Hall–Kier alpha value is -2.81. The number of rotatable bonds is 4. The minimum absolute atomic E-state index is 0.151. The average Bonchev–Trinajstić information content (AvgIpc) is 2.63. The van der Waals surface area contributed by atoms with Gasteiger partial charge in [-0.2, -0.15) is 0 Å². The lowest BCUT2D eigenvalue weighted by Gasteiger charge is -2.12. The quantitative estimate of drug-likeness (QED) is 0.640. The first-order valence-electron chi connectivity index (χ1n) is 8.22. The number of nitrogens with one attached hydrogen (secondary N) is 1. The fourth-order valence-corrected chi connectivity index (χ4v) is 2.79. The van der Waals surface area contributed by atoms with Gasteiger partial charge in [-0.15, -0.1) is 0 Å². The van der Waals surface area contributed by atoms with Crippen LogP contribution in [0.15, 0.2) is 60.7 Å². The van der Waals surface area contributed by atoms with Crippen LogP contribution in [0.2, 0.25) is 0 Å². The van der Waals surface area contributed by atoms with Crippen LogP contribution in [-0.4, -0.2) is 11.0 Å². The van der Waals surface area contributed by atoms with Gasteiger partial charge in [0.15, 0.2) is 0 Å². The lowest BCUT2D eigenvalue weighted by Crippen LogP contribution is -2.12. The summed E-state index contributed by atoms with van der Waals surface area (Å²) in [6.45, 7) is 4.33. The molecular formula is C21H21NO2. The van der Waals surface area contributed by atoms with E-state index in [4.69, 9.17) is 0 Å². The van der Waals surface area contributed by atoms with Crippen LogP contribution in [0.4, 0.5) is 5.69 Å². The molecule has 24 heavy (non-hydrogen) atoms. The van der Waals surface area contributed by atoms with Gasteiger partial charge in [0.2, 0.25) is 0 Å². The molecular weight excluding hydrogens is 298 g/mol. The van der Waals surface area contributed by atoms with Gasteiger partial charge in [0.05, 0.1) is 0 Å². The van der Waals surface area contributed by atoms with Crippen molar-refractivity contribution < 1.29 is 9.90 Å². The predicted molar refractivity (Wildman–Crippen MR) is 98.7 cm³/mol. The second-order valence-corrected chi connectivity index (χ2v) is 6.06. The topological polar surface area (TPSA) is 49.3 Å². The van der Waals surface area contributed by atoms with Crippen LogP contribution in [0.5, 0.6) is 5.75 Å². The lowest BCUT2D eigenvalue weighted by atomic mass is 9.97. The van der Waals surface area contributed by atoms with Gasteiger partial charge in [0, 0.05) is 22.0 Å². The third-order valence-corrected chi connectivity index (χ3v) is 4.50. The van der Waals surface area contributed by atoms with Crippen LogP contribution >= 0.6 is 0 Å². The highest BCUT2D eigenvalue weighted by Gasteiger charge is 2.11. The largest absolute Gasteiger partial charge is 0.507 e. The molecule has 0 aliphatic carbocycles. The maximum atomic E-state index is 12.5. The van der Waals surface area contributed by atoms with Crippen molar-refractivity contribution in [1.82, 2.24) is 0 Å². The van der Waals surface area contributed by atoms with Crippen LogP contribution in [0, 0.1) is 0 Å². The van der Waals surface area contributed by atoms with Crippen LogP contribution in [0.25, 0.3) is 10.8 Å². The fourth-order valence-electron chi connectivity index (χ4n) is 2.79. The van der Waals surface area contributed by atoms with Gasteiger partial charge in [0.1, 0.15) is 5.75 Å². The molecule has 3 aromatic carbocycles. The second kappa shape index (κ2) is 6.75. The molecule has 0 bridgehead atoms. The molecule has 0 fully saturated rings. The predicted octanol–water partition coefficient (Wildman–Crippen LogP) is 5.31. The van der Waals surface area contributed by atoms with Crippen molar-refractivity contribution in [3.63, 3.8) is 0 Å². The average molecular weight is 319 g/mol.